The maximum atomic E-state index is 15.8. The Bertz CT molecular complexity index is 1940. The Morgan fingerprint density at radius 1 is 0.889 bits per heavy atom. The number of ether oxygens (including phenoxy) is 2. The number of halogens is 2. The van der Waals surface area contributed by atoms with Gasteiger partial charge in [0.05, 0.1) is 25.9 Å². The number of fused-ring (bicyclic) bond motifs is 5. The second kappa shape index (κ2) is 10.8. The van der Waals surface area contributed by atoms with E-state index in [1.54, 1.807) is 0 Å². The summed E-state index contributed by atoms with van der Waals surface area (Å²) in [4.78, 5) is 51.4. The van der Waals surface area contributed by atoms with Crippen molar-refractivity contribution in [3.8, 4) is 5.75 Å². The van der Waals surface area contributed by atoms with Crippen LogP contribution in [0, 0.1) is 0 Å². The van der Waals surface area contributed by atoms with Gasteiger partial charge in [-0.3, -0.25) is 37.0 Å². The van der Waals surface area contributed by atoms with Crippen molar-refractivity contribution in [1.82, 2.24) is 34.1 Å². The normalized spacial score (nSPS) is 37.7. The highest BCUT2D eigenvalue weighted by Gasteiger charge is 2.55. The number of nitrogens with two attached hydrogens (primary N) is 1. The molecule has 7 heterocycles. The highest BCUT2D eigenvalue weighted by atomic mass is 31.2. The lowest BCUT2D eigenvalue weighted by molar-refractivity contribution is -0.0669. The number of hydrogen-bond donors (Lipinski definition) is 5. The van der Waals surface area contributed by atoms with Gasteiger partial charge in [0.1, 0.15) is 35.7 Å². The molecule has 6 N–H and O–H groups in total. The van der Waals surface area contributed by atoms with Crippen LogP contribution in [0.15, 0.2) is 29.7 Å². The van der Waals surface area contributed by atoms with Gasteiger partial charge >= 0.3 is 15.6 Å². The van der Waals surface area contributed by atoms with Crippen LogP contribution in [0.25, 0.3) is 22.3 Å². The van der Waals surface area contributed by atoms with Crippen molar-refractivity contribution in [3.05, 3.63) is 35.3 Å². The van der Waals surface area contributed by atoms with E-state index in [9.17, 15) is 28.8 Å². The Kier molecular flexibility index (Phi) is 7.28. The topological polar surface area (TPSA) is 271 Å². The molecule has 3 saturated heterocycles. The first-order chi connectivity index (χ1) is 21.3. The molecule has 0 radical (unpaired) electrons. The molecular formula is C21H22F2N8O12P2. The maximum absolute atomic E-state index is 15.8. The first-order valence-electron chi connectivity index (χ1n) is 13.0. The average Bonchev–Trinajstić information content (AvgIpc) is 3.72. The number of anilines is 1. The number of nitrogens with one attached hydrogen (secondary N) is 1. The van der Waals surface area contributed by atoms with E-state index >= 15 is 8.78 Å². The fraction of sp³-hybridized carbons (Fsp3) is 0.476. The quantitative estimate of drug-likeness (QED) is 0.179. The van der Waals surface area contributed by atoms with Crippen molar-refractivity contribution >= 4 is 43.9 Å². The number of aromatic nitrogens is 7. The fourth-order valence-corrected chi connectivity index (χ4v) is 7.16. The molecule has 45 heavy (non-hydrogen) atoms. The number of nitrogens with zero attached hydrogens (tertiary/aromatic N) is 6. The van der Waals surface area contributed by atoms with Crippen LogP contribution >= 0.6 is 15.6 Å². The van der Waals surface area contributed by atoms with E-state index in [-0.39, 0.29) is 34.0 Å². The molecule has 4 aromatic heterocycles. The number of imidazole rings is 2. The molecule has 3 aliphatic heterocycles. The van der Waals surface area contributed by atoms with Crippen LogP contribution in [-0.4, -0.2) is 98.9 Å². The summed E-state index contributed by atoms with van der Waals surface area (Å²) in [6, 6.07) is 1.25. The first kappa shape index (κ1) is 30.2. The Morgan fingerprint density at radius 3 is 2.24 bits per heavy atom. The number of phosphoric acid groups is 2. The number of hydrogen-bond acceptors (Lipinski definition) is 15. The van der Waals surface area contributed by atoms with Crippen LogP contribution in [-0.2, 0) is 36.7 Å². The zero-order valence-electron chi connectivity index (χ0n) is 22.3. The lowest BCUT2D eigenvalue weighted by Crippen LogP contribution is -2.34. The van der Waals surface area contributed by atoms with Crippen LogP contribution in [0.5, 0.6) is 5.75 Å². The van der Waals surface area contributed by atoms with Crippen molar-refractivity contribution in [2.24, 2.45) is 0 Å². The van der Waals surface area contributed by atoms with E-state index < -0.39 is 83.6 Å². The number of phosphoric ester groups is 2. The van der Waals surface area contributed by atoms with Gasteiger partial charge < -0.3 is 30.1 Å². The molecule has 0 saturated carbocycles. The minimum atomic E-state index is -5.24. The Balaban J connectivity index is 1.21. The third-order valence-electron chi connectivity index (χ3n) is 7.28. The molecule has 7 rings (SSSR count). The molecule has 0 aromatic carbocycles. The third-order valence-corrected chi connectivity index (χ3v) is 9.25. The molecule has 3 aliphatic rings. The number of H-pyrrole nitrogens is 1. The molecule has 2 unspecified atom stereocenters. The first-order valence-corrected chi connectivity index (χ1v) is 15.9. The molecule has 4 aromatic rings. The fourth-order valence-electron chi connectivity index (χ4n) is 5.28. The Hall–Kier alpha value is -3.43. The second-order valence-electron chi connectivity index (χ2n) is 10.1. The van der Waals surface area contributed by atoms with Crippen molar-refractivity contribution in [2.75, 3.05) is 18.9 Å². The molecule has 20 nitrogen and oxygen atoms in total. The predicted octanol–water partition coefficient (Wildman–Crippen LogP) is 0.341. The van der Waals surface area contributed by atoms with Gasteiger partial charge in [0.25, 0.3) is 5.56 Å². The molecule has 3 fully saturated rings. The summed E-state index contributed by atoms with van der Waals surface area (Å²) in [5.41, 5.74) is 4.42. The number of aromatic amines is 1. The lowest BCUT2D eigenvalue weighted by Gasteiger charge is -2.25. The summed E-state index contributed by atoms with van der Waals surface area (Å²) >= 11 is 0. The van der Waals surface area contributed by atoms with Crippen molar-refractivity contribution in [2.45, 2.75) is 49.2 Å². The summed E-state index contributed by atoms with van der Waals surface area (Å²) in [6.07, 6.45) is -11.8. The third kappa shape index (κ3) is 5.31. The summed E-state index contributed by atoms with van der Waals surface area (Å²) in [7, 11) is -10.5. The summed E-state index contributed by atoms with van der Waals surface area (Å²) in [5, 5.41) is 10.0. The summed E-state index contributed by atoms with van der Waals surface area (Å²) in [5.74, 6) is -0.595. The zero-order valence-corrected chi connectivity index (χ0v) is 24.1. The Labute approximate surface area is 247 Å². The molecular weight excluding hydrogens is 656 g/mol. The van der Waals surface area contributed by atoms with Crippen LogP contribution < -0.4 is 11.3 Å². The van der Waals surface area contributed by atoms with Gasteiger partial charge in [-0.1, -0.05) is 0 Å². The number of alkyl halides is 2. The monoisotopic (exact) mass is 678 g/mol. The minimum Gasteiger partial charge on any atom is -0.505 e. The van der Waals surface area contributed by atoms with Gasteiger partial charge in [0.15, 0.2) is 41.6 Å². The molecule has 10 atom stereocenters. The number of pyridine rings is 1. The molecule has 2 bridgehead atoms. The largest absolute Gasteiger partial charge is 0.505 e. The zero-order chi connectivity index (χ0) is 31.8. The predicted molar refractivity (Wildman–Crippen MR) is 141 cm³/mol. The number of aromatic hydroxyl groups is 1. The number of rotatable bonds is 2. The van der Waals surface area contributed by atoms with E-state index in [1.807, 2.05) is 0 Å². The van der Waals surface area contributed by atoms with Gasteiger partial charge in [-0.05, 0) is 0 Å². The number of nitrogen functional groups attached to an aromatic ring is 1. The van der Waals surface area contributed by atoms with E-state index in [0.29, 0.717) is 0 Å². The average molecular weight is 678 g/mol. The SMILES string of the molecule is Nc1nc2c(ncn2[C@@H]2O[C@@H]3COP(=O)(O)O[C@H]4[C@@H](F)[C@H](n5cnc6c(O)ccnc65)O[C@@H]4COP(=O)(O)O[C@@H]2[C@@H]3F)c(=O)[nH]1. The highest BCUT2D eigenvalue weighted by molar-refractivity contribution is 7.47. The van der Waals surface area contributed by atoms with Gasteiger partial charge in [-0.25, -0.2) is 32.9 Å². The highest BCUT2D eigenvalue weighted by Crippen LogP contribution is 2.54. The van der Waals surface area contributed by atoms with Gasteiger partial charge in [-0.2, -0.15) is 4.98 Å². The molecule has 242 valence electrons. The van der Waals surface area contributed by atoms with Gasteiger partial charge in [-0.15, -0.1) is 0 Å². The van der Waals surface area contributed by atoms with Crippen LogP contribution in [0.3, 0.4) is 0 Å². The van der Waals surface area contributed by atoms with E-state index in [2.05, 4.69) is 24.9 Å². The smallest absolute Gasteiger partial charge is 0.472 e. The summed E-state index contributed by atoms with van der Waals surface area (Å²) < 4.78 is 91.1. The van der Waals surface area contributed by atoms with E-state index in [0.717, 1.165) is 21.8 Å². The lowest BCUT2D eigenvalue weighted by atomic mass is 10.1. The van der Waals surface area contributed by atoms with E-state index in [1.165, 1.54) is 12.3 Å². The van der Waals surface area contributed by atoms with Gasteiger partial charge in [0.2, 0.25) is 5.95 Å². The molecule has 0 amide bonds. The molecule has 0 aliphatic carbocycles. The van der Waals surface area contributed by atoms with E-state index in [4.69, 9.17) is 33.3 Å². The van der Waals surface area contributed by atoms with Crippen molar-refractivity contribution < 1.29 is 60.4 Å². The Morgan fingerprint density at radius 2 is 1.51 bits per heavy atom. The van der Waals surface area contributed by atoms with Crippen LogP contribution in [0.4, 0.5) is 14.7 Å². The van der Waals surface area contributed by atoms with Crippen LogP contribution in [0.1, 0.15) is 12.5 Å². The maximum Gasteiger partial charge on any atom is 0.472 e. The second-order valence-corrected chi connectivity index (χ2v) is 12.9. The molecule has 0 spiro atoms. The minimum absolute atomic E-state index is 0.00370. The van der Waals surface area contributed by atoms with Crippen LogP contribution in [0.2, 0.25) is 0 Å². The van der Waals surface area contributed by atoms with Crippen molar-refractivity contribution in [3.63, 3.8) is 0 Å². The van der Waals surface area contributed by atoms with Crippen molar-refractivity contribution in [1.29, 1.82) is 0 Å². The standard InChI is InChI=1S/C21H22F2N8O12P2/c22-10-8-3-38-44(34,35)42-14-9(41-19(11(14)23)30-5-26-12-7(32)1-2-25-16(12)30)4-39-45(36,37)43-15(10)20(40-8)31-6-27-13-17(31)28-21(24)29-18(13)33/h1-2,5-6,8-11,14-15,19-20H,3-4H2,(H,25,32)(H,34,35)(H,36,37)(H3,24,28,29,33)/t8-,9-,10-,11-,14-,15-,19-,20-/m1/s1. The summed E-state index contributed by atoms with van der Waals surface area (Å²) in [6.45, 7) is -1.96. The van der Waals surface area contributed by atoms with Gasteiger partial charge in [0, 0.05) is 12.3 Å². The molecule has 24 heteroatoms.